The van der Waals surface area contributed by atoms with E-state index in [1.807, 2.05) is 40.4 Å². The molecular weight excluding hydrogens is 380 g/mol. The van der Waals surface area contributed by atoms with Gasteiger partial charge in [0.05, 0.1) is 5.69 Å². The molecule has 0 N–H and O–H groups in total. The Hall–Kier alpha value is -3.03. The van der Waals surface area contributed by atoms with Crippen LogP contribution in [0.25, 0.3) is 10.6 Å². The molecule has 3 heterocycles. The number of para-hydroxylation sites is 1. The summed E-state index contributed by atoms with van der Waals surface area (Å²) in [5, 5.41) is 6.85. The van der Waals surface area contributed by atoms with E-state index in [-0.39, 0.29) is 18.1 Å². The van der Waals surface area contributed by atoms with Gasteiger partial charge < -0.3 is 9.47 Å². The van der Waals surface area contributed by atoms with Crippen LogP contribution >= 0.6 is 22.7 Å². The molecule has 4 aromatic rings. The summed E-state index contributed by atoms with van der Waals surface area (Å²) in [6, 6.07) is 14.5. The fraction of sp³-hybridized carbons (Fsp3) is 0.0500. The zero-order chi connectivity index (χ0) is 18.5. The molecule has 0 aliphatic heterocycles. The van der Waals surface area contributed by atoms with Crippen molar-refractivity contribution in [3.63, 3.8) is 0 Å². The molecule has 0 spiro atoms. The number of ether oxygens (including phenoxy) is 2. The average molecular weight is 394 g/mol. The standard InChI is InChI=1S/C20H14N2O3S2/c23-20(24-11-15-13-27-19(22-15)14-8-10-26-12-14)17-7-4-9-21-18(17)25-16-5-2-1-3-6-16/h1-10,12-13H,11H2. The number of rotatable bonds is 6. The fourth-order valence-corrected chi connectivity index (χ4v) is 3.85. The van der Waals surface area contributed by atoms with Crippen LogP contribution in [-0.4, -0.2) is 15.9 Å². The van der Waals surface area contributed by atoms with E-state index >= 15 is 0 Å². The Labute approximate surface area is 163 Å². The van der Waals surface area contributed by atoms with Crippen LogP contribution in [0.2, 0.25) is 0 Å². The lowest BCUT2D eigenvalue weighted by Gasteiger charge is -2.09. The molecule has 0 atom stereocenters. The summed E-state index contributed by atoms with van der Waals surface area (Å²) in [5.41, 5.74) is 2.06. The largest absolute Gasteiger partial charge is 0.455 e. The highest BCUT2D eigenvalue weighted by atomic mass is 32.1. The van der Waals surface area contributed by atoms with Gasteiger partial charge in [0.15, 0.2) is 0 Å². The number of hydrogen-bond donors (Lipinski definition) is 0. The molecule has 0 aliphatic rings. The molecule has 0 bridgehead atoms. The third-order valence-corrected chi connectivity index (χ3v) is 5.24. The topological polar surface area (TPSA) is 61.3 Å². The number of carbonyl (C=O) groups excluding carboxylic acids is 1. The first-order valence-electron chi connectivity index (χ1n) is 8.11. The number of benzene rings is 1. The molecule has 3 aromatic heterocycles. The maximum atomic E-state index is 12.5. The number of pyridine rings is 1. The number of thiazole rings is 1. The van der Waals surface area contributed by atoms with Crippen molar-refractivity contribution in [2.24, 2.45) is 0 Å². The van der Waals surface area contributed by atoms with Gasteiger partial charge in [-0.25, -0.2) is 14.8 Å². The second kappa shape index (κ2) is 8.11. The van der Waals surface area contributed by atoms with Crippen LogP contribution in [0, 0.1) is 0 Å². The van der Waals surface area contributed by atoms with Gasteiger partial charge in [-0.1, -0.05) is 18.2 Å². The van der Waals surface area contributed by atoms with E-state index in [0.29, 0.717) is 11.4 Å². The van der Waals surface area contributed by atoms with Crippen molar-refractivity contribution < 1.29 is 14.3 Å². The lowest BCUT2D eigenvalue weighted by molar-refractivity contribution is 0.0465. The minimum absolute atomic E-state index is 0.0964. The van der Waals surface area contributed by atoms with Crippen LogP contribution in [0.5, 0.6) is 11.6 Å². The van der Waals surface area contributed by atoms with E-state index in [9.17, 15) is 4.79 Å². The Morgan fingerprint density at radius 2 is 1.93 bits per heavy atom. The van der Waals surface area contributed by atoms with Gasteiger partial charge in [-0.15, -0.1) is 11.3 Å². The number of esters is 1. The van der Waals surface area contributed by atoms with Crippen molar-refractivity contribution in [1.82, 2.24) is 9.97 Å². The Morgan fingerprint density at radius 3 is 2.74 bits per heavy atom. The highest BCUT2D eigenvalue weighted by Gasteiger charge is 2.16. The van der Waals surface area contributed by atoms with Crippen LogP contribution in [0.15, 0.2) is 70.9 Å². The van der Waals surface area contributed by atoms with Crippen molar-refractivity contribution >= 4 is 28.6 Å². The average Bonchev–Trinajstić information content (AvgIpc) is 3.39. The van der Waals surface area contributed by atoms with E-state index < -0.39 is 5.97 Å². The molecule has 0 saturated carbocycles. The predicted molar refractivity (Wildman–Crippen MR) is 105 cm³/mol. The lowest BCUT2D eigenvalue weighted by atomic mass is 10.2. The van der Waals surface area contributed by atoms with Crippen molar-refractivity contribution in [2.45, 2.75) is 6.61 Å². The van der Waals surface area contributed by atoms with Gasteiger partial charge in [0.1, 0.15) is 22.9 Å². The maximum Gasteiger partial charge on any atom is 0.344 e. The van der Waals surface area contributed by atoms with Crippen LogP contribution in [0.1, 0.15) is 16.1 Å². The van der Waals surface area contributed by atoms with Crippen LogP contribution < -0.4 is 4.74 Å². The number of hydrogen-bond acceptors (Lipinski definition) is 7. The predicted octanol–water partition coefficient (Wildman–Crippen LogP) is 5.42. The normalized spacial score (nSPS) is 10.5. The van der Waals surface area contributed by atoms with E-state index in [0.717, 1.165) is 10.6 Å². The molecule has 5 nitrogen and oxygen atoms in total. The van der Waals surface area contributed by atoms with Crippen molar-refractivity contribution in [3.8, 4) is 22.2 Å². The highest BCUT2D eigenvalue weighted by Crippen LogP contribution is 2.27. The molecule has 7 heteroatoms. The monoisotopic (exact) mass is 394 g/mol. The molecule has 0 saturated heterocycles. The van der Waals surface area contributed by atoms with Crippen LogP contribution in [0.3, 0.4) is 0 Å². The Morgan fingerprint density at radius 1 is 1.04 bits per heavy atom. The highest BCUT2D eigenvalue weighted by molar-refractivity contribution is 7.14. The number of thiophene rings is 1. The third-order valence-electron chi connectivity index (χ3n) is 3.62. The molecule has 0 unspecified atom stereocenters. The first-order chi connectivity index (χ1) is 13.3. The second-order valence-electron chi connectivity index (χ2n) is 5.50. The molecule has 134 valence electrons. The van der Waals surface area contributed by atoms with Crippen LogP contribution in [0.4, 0.5) is 0 Å². The maximum absolute atomic E-state index is 12.5. The number of aromatic nitrogens is 2. The second-order valence-corrected chi connectivity index (χ2v) is 7.14. The van der Waals surface area contributed by atoms with E-state index in [2.05, 4.69) is 9.97 Å². The lowest BCUT2D eigenvalue weighted by Crippen LogP contribution is -2.08. The third kappa shape index (κ3) is 4.21. The number of nitrogens with zero attached hydrogens (tertiary/aromatic N) is 2. The molecule has 0 aliphatic carbocycles. The molecule has 1 aromatic carbocycles. The van der Waals surface area contributed by atoms with Crippen molar-refractivity contribution in [2.75, 3.05) is 0 Å². The van der Waals surface area contributed by atoms with Crippen molar-refractivity contribution in [1.29, 1.82) is 0 Å². The summed E-state index contributed by atoms with van der Waals surface area (Å²) in [6.07, 6.45) is 1.57. The van der Waals surface area contributed by atoms with Gasteiger partial charge >= 0.3 is 5.97 Å². The first kappa shape index (κ1) is 17.4. The van der Waals surface area contributed by atoms with E-state index in [1.54, 1.807) is 41.8 Å². The molecule has 4 rings (SSSR count). The van der Waals surface area contributed by atoms with Gasteiger partial charge in [0.2, 0.25) is 5.88 Å². The SMILES string of the molecule is O=C(OCc1csc(-c2ccsc2)n1)c1cccnc1Oc1ccccc1. The van der Waals surface area contributed by atoms with Gasteiger partial charge in [0, 0.05) is 22.5 Å². The zero-order valence-electron chi connectivity index (χ0n) is 14.1. The number of carbonyl (C=O) groups is 1. The summed E-state index contributed by atoms with van der Waals surface area (Å²) < 4.78 is 11.1. The smallest absolute Gasteiger partial charge is 0.344 e. The van der Waals surface area contributed by atoms with Gasteiger partial charge in [-0.2, -0.15) is 11.3 Å². The van der Waals surface area contributed by atoms with Gasteiger partial charge in [-0.05, 0) is 35.7 Å². The first-order valence-corrected chi connectivity index (χ1v) is 9.94. The fourth-order valence-electron chi connectivity index (χ4n) is 2.34. The minimum atomic E-state index is -0.501. The molecule has 27 heavy (non-hydrogen) atoms. The quantitative estimate of drug-likeness (QED) is 0.409. The van der Waals surface area contributed by atoms with Gasteiger partial charge in [0.25, 0.3) is 0 Å². The van der Waals surface area contributed by atoms with Gasteiger partial charge in [-0.3, -0.25) is 0 Å². The molecule has 0 amide bonds. The Bertz CT molecular complexity index is 1030. The van der Waals surface area contributed by atoms with Crippen LogP contribution in [-0.2, 0) is 11.3 Å². The summed E-state index contributed by atoms with van der Waals surface area (Å²) in [7, 11) is 0. The summed E-state index contributed by atoms with van der Waals surface area (Å²) >= 11 is 3.15. The molecular formula is C20H14N2O3S2. The zero-order valence-corrected chi connectivity index (χ0v) is 15.7. The summed E-state index contributed by atoms with van der Waals surface area (Å²) in [6.45, 7) is 0.0964. The Balaban J connectivity index is 1.44. The molecule has 0 radical (unpaired) electrons. The Kier molecular flexibility index (Phi) is 5.22. The molecule has 0 fully saturated rings. The van der Waals surface area contributed by atoms with Crippen molar-refractivity contribution in [3.05, 3.63) is 82.1 Å². The van der Waals surface area contributed by atoms with E-state index in [4.69, 9.17) is 9.47 Å². The van der Waals surface area contributed by atoms with E-state index in [1.165, 1.54) is 11.3 Å². The summed E-state index contributed by atoms with van der Waals surface area (Å²) in [5.74, 6) is 0.315. The minimum Gasteiger partial charge on any atom is -0.455 e. The summed E-state index contributed by atoms with van der Waals surface area (Å²) in [4.78, 5) is 21.2.